The van der Waals surface area contributed by atoms with Crippen LogP contribution in [0.1, 0.15) is 24.5 Å². The molecular formula is C26H26FP. The van der Waals surface area contributed by atoms with Gasteiger partial charge >= 0.3 is 0 Å². The molecule has 3 rings (SSSR count). The lowest BCUT2D eigenvalue weighted by molar-refractivity contribution is 0.372. The molecule has 0 saturated carbocycles. The molecule has 0 saturated heterocycles. The highest BCUT2D eigenvalue weighted by molar-refractivity contribution is 7.19. The minimum atomic E-state index is -1.44. The third kappa shape index (κ3) is 4.66. The van der Waals surface area contributed by atoms with Crippen molar-refractivity contribution >= 4 is 14.8 Å². The standard InChI is InChI=1S/C26H26FP/c1-18-7-5-9-24(17-18)23-13-11-22(12-14-23)20(3)19(2)21-8-6-10-25(16-15-21)26(4,27)28/h5-7,9-17H,2-3,8,28H2,1,4H3. The fourth-order valence-electron chi connectivity index (χ4n) is 3.23. The van der Waals surface area contributed by atoms with Crippen LogP contribution in [0.2, 0.25) is 0 Å². The Bertz CT molecular complexity index is 995. The van der Waals surface area contributed by atoms with Crippen molar-refractivity contribution < 1.29 is 4.39 Å². The third-order valence-corrected chi connectivity index (χ3v) is 5.33. The third-order valence-electron chi connectivity index (χ3n) is 5.00. The van der Waals surface area contributed by atoms with Crippen LogP contribution >= 0.6 is 9.24 Å². The van der Waals surface area contributed by atoms with E-state index in [0.29, 0.717) is 12.0 Å². The maximum atomic E-state index is 14.2. The molecule has 0 bridgehead atoms. The molecule has 0 aromatic heterocycles. The van der Waals surface area contributed by atoms with Gasteiger partial charge in [-0.25, -0.2) is 4.39 Å². The fourth-order valence-corrected chi connectivity index (χ4v) is 3.43. The summed E-state index contributed by atoms with van der Waals surface area (Å²) in [7, 11) is 2.24. The van der Waals surface area contributed by atoms with E-state index in [2.05, 4.69) is 77.9 Å². The molecule has 0 radical (unpaired) electrons. The lowest BCUT2D eigenvalue weighted by Crippen LogP contribution is -2.08. The van der Waals surface area contributed by atoms with Crippen molar-refractivity contribution in [2.75, 3.05) is 0 Å². The Labute approximate surface area is 170 Å². The van der Waals surface area contributed by atoms with Gasteiger partial charge in [0, 0.05) is 0 Å². The molecule has 0 N–H and O–H groups in total. The van der Waals surface area contributed by atoms with Gasteiger partial charge in [-0.15, -0.1) is 0 Å². The second kappa shape index (κ2) is 8.25. The summed E-state index contributed by atoms with van der Waals surface area (Å²) >= 11 is 0. The smallest absolute Gasteiger partial charge is 0.145 e. The summed E-state index contributed by atoms with van der Waals surface area (Å²) in [4.78, 5) is 0. The van der Waals surface area contributed by atoms with Gasteiger partial charge in [-0.2, -0.15) is 0 Å². The molecule has 1 aliphatic carbocycles. The van der Waals surface area contributed by atoms with Gasteiger partial charge in [-0.3, -0.25) is 0 Å². The lowest BCUT2D eigenvalue weighted by Gasteiger charge is -2.14. The van der Waals surface area contributed by atoms with E-state index < -0.39 is 5.41 Å². The van der Waals surface area contributed by atoms with Gasteiger partial charge < -0.3 is 0 Å². The first-order valence-corrected chi connectivity index (χ1v) is 9.95. The molecule has 0 amide bonds. The van der Waals surface area contributed by atoms with Crippen molar-refractivity contribution in [2.45, 2.75) is 25.7 Å². The van der Waals surface area contributed by atoms with Crippen molar-refractivity contribution in [1.82, 2.24) is 0 Å². The highest BCUT2D eigenvalue weighted by Gasteiger charge is 2.20. The first-order chi connectivity index (χ1) is 13.3. The van der Waals surface area contributed by atoms with Gasteiger partial charge in [-0.1, -0.05) is 101 Å². The Morgan fingerprint density at radius 1 is 1.00 bits per heavy atom. The van der Waals surface area contributed by atoms with Crippen LogP contribution in [0.3, 0.4) is 0 Å². The normalized spacial score (nSPS) is 15.9. The van der Waals surface area contributed by atoms with Crippen molar-refractivity contribution in [1.29, 1.82) is 0 Å². The van der Waals surface area contributed by atoms with E-state index in [4.69, 9.17) is 0 Å². The maximum Gasteiger partial charge on any atom is 0.145 e. The maximum absolute atomic E-state index is 14.2. The van der Waals surface area contributed by atoms with Crippen molar-refractivity contribution in [3.63, 3.8) is 0 Å². The molecule has 0 heterocycles. The largest absolute Gasteiger partial charge is 0.235 e. The second-order valence-corrected chi connectivity index (χ2v) is 8.48. The molecule has 2 aromatic rings. The molecule has 2 aromatic carbocycles. The van der Waals surface area contributed by atoms with Crippen LogP contribution in [0.15, 0.2) is 103 Å². The number of rotatable bonds is 5. The number of halogens is 1. The van der Waals surface area contributed by atoms with Crippen LogP contribution in [0, 0.1) is 6.92 Å². The topological polar surface area (TPSA) is 0 Å². The Hall–Kier alpha value is -2.50. The highest BCUT2D eigenvalue weighted by Crippen LogP contribution is 2.34. The molecule has 0 fully saturated rings. The van der Waals surface area contributed by atoms with E-state index in [1.165, 1.54) is 23.6 Å². The zero-order valence-electron chi connectivity index (χ0n) is 16.5. The van der Waals surface area contributed by atoms with Crippen molar-refractivity contribution in [3.05, 3.63) is 114 Å². The minimum absolute atomic E-state index is 0.633. The molecule has 2 heteroatoms. The molecule has 2 unspecified atom stereocenters. The average Bonchev–Trinajstić information content (AvgIpc) is 2.93. The molecule has 0 aliphatic heterocycles. The summed E-state index contributed by atoms with van der Waals surface area (Å²) in [5.74, 6) is 0. The van der Waals surface area contributed by atoms with Crippen molar-refractivity contribution in [3.8, 4) is 11.1 Å². The zero-order chi connectivity index (χ0) is 20.3. The van der Waals surface area contributed by atoms with E-state index in [-0.39, 0.29) is 0 Å². The van der Waals surface area contributed by atoms with Gasteiger partial charge in [0.05, 0.1) is 0 Å². The van der Waals surface area contributed by atoms with Gasteiger partial charge in [0.2, 0.25) is 0 Å². The molecule has 2 atom stereocenters. The van der Waals surface area contributed by atoms with Crippen LogP contribution < -0.4 is 0 Å². The Morgan fingerprint density at radius 2 is 1.71 bits per heavy atom. The van der Waals surface area contributed by atoms with E-state index >= 15 is 0 Å². The molecule has 28 heavy (non-hydrogen) atoms. The van der Waals surface area contributed by atoms with Gasteiger partial charge in [0.1, 0.15) is 5.41 Å². The van der Waals surface area contributed by atoms with E-state index in [1.807, 2.05) is 24.3 Å². The first-order valence-electron chi connectivity index (χ1n) is 9.37. The number of alkyl halides is 1. The highest BCUT2D eigenvalue weighted by atomic mass is 31.0. The summed E-state index contributed by atoms with van der Waals surface area (Å²) in [6, 6.07) is 16.9. The Kier molecular flexibility index (Phi) is 5.96. The van der Waals surface area contributed by atoms with Gasteiger partial charge in [0.25, 0.3) is 0 Å². The van der Waals surface area contributed by atoms with E-state index in [0.717, 1.165) is 22.3 Å². The minimum Gasteiger partial charge on any atom is -0.235 e. The molecule has 1 aliphatic rings. The van der Waals surface area contributed by atoms with Crippen LogP contribution in [0.4, 0.5) is 4.39 Å². The quantitative estimate of drug-likeness (QED) is 0.365. The van der Waals surface area contributed by atoms with Crippen LogP contribution in [0.5, 0.6) is 0 Å². The number of aryl methyl sites for hydroxylation is 1. The Balaban J connectivity index is 1.80. The SMILES string of the molecule is C=C(C(=C)c1ccc(-c2cccc(C)c2)cc1)C1=CC=C(C(C)(F)P)C=CC1. The number of hydrogen-bond acceptors (Lipinski definition) is 0. The molecular weight excluding hydrogens is 362 g/mol. The second-order valence-electron chi connectivity index (χ2n) is 7.40. The average molecular weight is 388 g/mol. The van der Waals surface area contributed by atoms with E-state index in [9.17, 15) is 4.39 Å². The number of hydrogen-bond donors (Lipinski definition) is 0. The summed E-state index contributed by atoms with van der Waals surface area (Å²) in [5, 5.41) is -1.44. The van der Waals surface area contributed by atoms with E-state index in [1.54, 1.807) is 0 Å². The number of benzene rings is 2. The summed E-state index contributed by atoms with van der Waals surface area (Å²) in [6.07, 6.45) is 8.30. The zero-order valence-corrected chi connectivity index (χ0v) is 17.7. The van der Waals surface area contributed by atoms with Crippen LogP contribution in [-0.2, 0) is 0 Å². The van der Waals surface area contributed by atoms with Crippen molar-refractivity contribution in [2.24, 2.45) is 0 Å². The van der Waals surface area contributed by atoms with Crippen LogP contribution in [-0.4, -0.2) is 5.41 Å². The van der Waals surface area contributed by atoms with Crippen LogP contribution in [0.25, 0.3) is 16.7 Å². The summed E-state index contributed by atoms with van der Waals surface area (Å²) in [5.41, 5.74) is 8.13. The van der Waals surface area contributed by atoms with Gasteiger partial charge in [0.15, 0.2) is 0 Å². The van der Waals surface area contributed by atoms with Gasteiger partial charge in [-0.05, 0) is 59.3 Å². The monoisotopic (exact) mass is 388 g/mol. The predicted molar refractivity (Wildman–Crippen MR) is 124 cm³/mol. The molecule has 142 valence electrons. The number of allylic oxidation sites excluding steroid dienone is 8. The first kappa shape index (κ1) is 20.2. The lowest BCUT2D eigenvalue weighted by atomic mass is 9.92. The summed E-state index contributed by atoms with van der Waals surface area (Å²) < 4.78 is 14.2. The molecule has 0 nitrogen and oxygen atoms in total. The molecule has 0 spiro atoms. The fraction of sp³-hybridized carbons (Fsp3) is 0.154. The predicted octanol–water partition coefficient (Wildman–Crippen LogP) is 7.60. The Morgan fingerprint density at radius 3 is 2.36 bits per heavy atom. The summed E-state index contributed by atoms with van der Waals surface area (Å²) in [6.45, 7) is 12.1.